The maximum atomic E-state index is 12.8. The number of furan rings is 1. The van der Waals surface area contributed by atoms with E-state index in [-0.39, 0.29) is 5.91 Å². The molecule has 1 fully saturated rings. The third-order valence-electron chi connectivity index (χ3n) is 4.81. The van der Waals surface area contributed by atoms with Gasteiger partial charge in [-0.3, -0.25) is 4.79 Å². The number of nitrogens with one attached hydrogen (secondary N) is 1. The minimum atomic E-state index is -0.0122. The van der Waals surface area contributed by atoms with E-state index >= 15 is 0 Å². The minimum absolute atomic E-state index is 0.0122. The van der Waals surface area contributed by atoms with E-state index in [1.807, 2.05) is 31.0 Å². The molecule has 4 nitrogen and oxygen atoms in total. The lowest BCUT2D eigenvalue weighted by molar-refractivity contribution is 0.0656. The quantitative estimate of drug-likeness (QED) is 0.923. The lowest BCUT2D eigenvalue weighted by Crippen LogP contribution is -2.39. The van der Waals surface area contributed by atoms with Crippen LogP contribution in [0.15, 0.2) is 22.6 Å². The first kappa shape index (κ1) is 16.3. The number of amides is 1. The zero-order valence-corrected chi connectivity index (χ0v) is 14.4. The Balaban J connectivity index is 1.74. The Bertz CT molecular complexity index is 702. The Morgan fingerprint density at radius 3 is 2.78 bits per heavy atom. The molecule has 1 saturated heterocycles. The number of halogens is 1. The number of carbonyl (C=O) groups excluding carboxylic acids is 1. The minimum Gasteiger partial charge on any atom is -0.449 e. The van der Waals surface area contributed by atoms with Crippen LogP contribution in [0, 0.1) is 12.8 Å². The number of carbonyl (C=O) groups is 1. The number of hydrogen-bond donors (Lipinski definition) is 1. The average Bonchev–Trinajstić information content (AvgIpc) is 2.91. The third kappa shape index (κ3) is 3.24. The molecule has 0 aliphatic carbocycles. The first-order valence-electron chi connectivity index (χ1n) is 8.23. The topological polar surface area (TPSA) is 45.5 Å². The van der Waals surface area contributed by atoms with E-state index in [0.29, 0.717) is 22.3 Å². The number of likely N-dealkylation sites (tertiary alicyclic amines) is 1. The summed E-state index contributed by atoms with van der Waals surface area (Å²) in [5, 5.41) is 4.67. The number of hydrogen-bond acceptors (Lipinski definition) is 3. The molecule has 2 aromatic rings. The van der Waals surface area contributed by atoms with Gasteiger partial charge in [0.25, 0.3) is 5.91 Å². The maximum Gasteiger partial charge on any atom is 0.289 e. The molecule has 1 aromatic carbocycles. The van der Waals surface area contributed by atoms with Crippen LogP contribution in [0.3, 0.4) is 0 Å². The van der Waals surface area contributed by atoms with Gasteiger partial charge in [-0.15, -0.1) is 0 Å². The number of para-hydroxylation sites is 1. The van der Waals surface area contributed by atoms with E-state index in [1.54, 1.807) is 6.07 Å². The third-order valence-corrected chi connectivity index (χ3v) is 5.11. The number of piperidine rings is 1. The summed E-state index contributed by atoms with van der Waals surface area (Å²) in [5.41, 5.74) is 1.49. The fraction of sp³-hybridized carbons (Fsp3) is 0.500. The second kappa shape index (κ2) is 6.93. The molecular weight excluding hydrogens is 312 g/mol. The molecule has 0 bridgehead atoms. The molecule has 1 amide bonds. The molecule has 23 heavy (non-hydrogen) atoms. The van der Waals surface area contributed by atoms with E-state index in [4.69, 9.17) is 16.0 Å². The van der Waals surface area contributed by atoms with Gasteiger partial charge in [-0.1, -0.05) is 23.7 Å². The monoisotopic (exact) mass is 334 g/mol. The van der Waals surface area contributed by atoms with Gasteiger partial charge < -0.3 is 14.6 Å². The zero-order chi connectivity index (χ0) is 16.4. The van der Waals surface area contributed by atoms with Gasteiger partial charge in [0.2, 0.25) is 0 Å². The van der Waals surface area contributed by atoms with Crippen molar-refractivity contribution in [1.29, 1.82) is 0 Å². The normalized spacial score (nSPS) is 16.2. The van der Waals surface area contributed by atoms with Crippen molar-refractivity contribution in [3.63, 3.8) is 0 Å². The number of rotatable bonds is 4. The first-order valence-corrected chi connectivity index (χ1v) is 8.61. The number of aryl methyl sites for hydroxylation is 1. The summed E-state index contributed by atoms with van der Waals surface area (Å²) >= 11 is 6.18. The number of nitrogens with zero attached hydrogens (tertiary/aromatic N) is 1. The molecule has 0 unspecified atom stereocenters. The molecule has 0 atom stereocenters. The van der Waals surface area contributed by atoms with Crippen molar-refractivity contribution in [3.05, 3.63) is 34.5 Å². The maximum absolute atomic E-state index is 12.8. The van der Waals surface area contributed by atoms with Gasteiger partial charge in [-0.05, 0) is 51.8 Å². The fourth-order valence-electron chi connectivity index (χ4n) is 3.33. The van der Waals surface area contributed by atoms with Crippen molar-refractivity contribution in [1.82, 2.24) is 10.2 Å². The summed E-state index contributed by atoms with van der Waals surface area (Å²) in [6, 6.07) is 5.61. The highest BCUT2D eigenvalue weighted by atomic mass is 35.5. The molecule has 1 aromatic heterocycles. The van der Waals surface area contributed by atoms with Gasteiger partial charge in [0, 0.05) is 24.0 Å². The van der Waals surface area contributed by atoms with E-state index in [9.17, 15) is 4.79 Å². The standard InChI is InChI=1S/C18H23ClN2O2/c1-12-14-4-3-5-15(19)17(14)23-16(12)18(22)21-10-7-13(8-11-21)6-9-20-2/h3-5,13,20H,6-11H2,1-2H3. The second-order valence-corrected chi connectivity index (χ2v) is 6.71. The van der Waals surface area contributed by atoms with Crippen molar-refractivity contribution in [2.45, 2.75) is 26.2 Å². The molecule has 1 N–H and O–H groups in total. The van der Waals surface area contributed by atoms with E-state index in [0.717, 1.165) is 43.4 Å². The lowest BCUT2D eigenvalue weighted by Gasteiger charge is -2.31. The highest BCUT2D eigenvalue weighted by Crippen LogP contribution is 2.32. The summed E-state index contributed by atoms with van der Waals surface area (Å²) in [6.07, 6.45) is 3.30. The van der Waals surface area contributed by atoms with Crippen LogP contribution in [-0.2, 0) is 0 Å². The van der Waals surface area contributed by atoms with Crippen molar-refractivity contribution < 1.29 is 9.21 Å². The Morgan fingerprint density at radius 1 is 1.39 bits per heavy atom. The van der Waals surface area contributed by atoms with Crippen LogP contribution in [0.2, 0.25) is 5.02 Å². The molecule has 1 aliphatic rings. The smallest absolute Gasteiger partial charge is 0.289 e. The summed E-state index contributed by atoms with van der Waals surface area (Å²) in [6.45, 7) is 4.57. The lowest BCUT2D eigenvalue weighted by atomic mass is 9.93. The van der Waals surface area contributed by atoms with Gasteiger partial charge in [0.15, 0.2) is 11.3 Å². The van der Waals surface area contributed by atoms with Crippen LogP contribution >= 0.6 is 11.6 Å². The van der Waals surface area contributed by atoms with Crippen LogP contribution in [-0.4, -0.2) is 37.5 Å². The average molecular weight is 335 g/mol. The largest absolute Gasteiger partial charge is 0.449 e. The second-order valence-electron chi connectivity index (χ2n) is 6.30. The Kier molecular flexibility index (Phi) is 4.93. The van der Waals surface area contributed by atoms with Crippen molar-refractivity contribution in [3.8, 4) is 0 Å². The van der Waals surface area contributed by atoms with Crippen LogP contribution in [0.4, 0.5) is 0 Å². The Labute approximate surface area is 141 Å². The van der Waals surface area contributed by atoms with E-state index in [2.05, 4.69) is 5.32 Å². The van der Waals surface area contributed by atoms with Gasteiger partial charge in [-0.25, -0.2) is 0 Å². The molecule has 3 rings (SSSR count). The first-order chi connectivity index (χ1) is 11.1. The summed E-state index contributed by atoms with van der Waals surface area (Å²) < 4.78 is 5.80. The summed E-state index contributed by atoms with van der Waals surface area (Å²) in [5.74, 6) is 1.13. The molecule has 124 valence electrons. The number of fused-ring (bicyclic) bond motifs is 1. The SMILES string of the molecule is CNCCC1CCN(C(=O)c2oc3c(Cl)cccc3c2C)CC1. The predicted molar refractivity (Wildman–Crippen MR) is 93.1 cm³/mol. The van der Waals surface area contributed by atoms with Gasteiger partial charge >= 0.3 is 0 Å². The van der Waals surface area contributed by atoms with Gasteiger partial charge in [0.05, 0.1) is 5.02 Å². The highest BCUT2D eigenvalue weighted by Gasteiger charge is 2.27. The van der Waals surface area contributed by atoms with Crippen LogP contribution in [0.25, 0.3) is 11.0 Å². The predicted octanol–water partition coefficient (Wildman–Crippen LogP) is 3.86. The Morgan fingerprint density at radius 2 is 2.13 bits per heavy atom. The molecule has 0 radical (unpaired) electrons. The van der Waals surface area contributed by atoms with Crippen LogP contribution in [0.1, 0.15) is 35.4 Å². The molecule has 0 saturated carbocycles. The van der Waals surface area contributed by atoms with E-state index in [1.165, 1.54) is 6.42 Å². The molecule has 1 aliphatic heterocycles. The molecule has 2 heterocycles. The van der Waals surface area contributed by atoms with Crippen molar-refractivity contribution in [2.75, 3.05) is 26.7 Å². The molecule has 0 spiro atoms. The fourth-order valence-corrected chi connectivity index (χ4v) is 3.54. The summed E-state index contributed by atoms with van der Waals surface area (Å²) in [7, 11) is 1.98. The van der Waals surface area contributed by atoms with Crippen LogP contribution < -0.4 is 5.32 Å². The molecular formula is C18H23ClN2O2. The number of benzene rings is 1. The van der Waals surface area contributed by atoms with Gasteiger partial charge in [0.1, 0.15) is 0 Å². The van der Waals surface area contributed by atoms with Crippen molar-refractivity contribution in [2.24, 2.45) is 5.92 Å². The van der Waals surface area contributed by atoms with Gasteiger partial charge in [-0.2, -0.15) is 0 Å². The zero-order valence-electron chi connectivity index (χ0n) is 13.7. The Hall–Kier alpha value is -1.52. The summed E-state index contributed by atoms with van der Waals surface area (Å²) in [4.78, 5) is 14.7. The van der Waals surface area contributed by atoms with Crippen molar-refractivity contribution >= 4 is 28.5 Å². The highest BCUT2D eigenvalue weighted by molar-refractivity contribution is 6.35. The van der Waals surface area contributed by atoms with Crippen LogP contribution in [0.5, 0.6) is 0 Å². The van der Waals surface area contributed by atoms with E-state index < -0.39 is 0 Å². The molecule has 5 heteroatoms.